The van der Waals surface area contributed by atoms with Crippen LogP contribution in [0.15, 0.2) is 12.1 Å². The molecule has 1 aliphatic rings. The number of carbonyl (C=O) groups is 1. The summed E-state index contributed by atoms with van der Waals surface area (Å²) in [6.45, 7) is 4.20. The number of ether oxygens (including phenoxy) is 1. The van der Waals surface area contributed by atoms with Gasteiger partial charge in [-0.3, -0.25) is 4.79 Å². The number of morpholine rings is 1. The van der Waals surface area contributed by atoms with E-state index in [1.54, 1.807) is 13.8 Å². The van der Waals surface area contributed by atoms with Crippen LogP contribution in [0, 0.1) is 17.5 Å². The van der Waals surface area contributed by atoms with Gasteiger partial charge in [0, 0.05) is 6.54 Å². The second-order valence-corrected chi connectivity index (χ2v) is 5.04. The Kier molecular flexibility index (Phi) is 3.54. The van der Waals surface area contributed by atoms with Gasteiger partial charge in [-0.15, -0.1) is 0 Å². The van der Waals surface area contributed by atoms with E-state index in [4.69, 9.17) is 4.74 Å². The summed E-state index contributed by atoms with van der Waals surface area (Å²) >= 11 is 0. The predicted octanol–water partition coefficient (Wildman–Crippen LogP) is 2.35. The first-order valence-corrected chi connectivity index (χ1v) is 5.88. The minimum absolute atomic E-state index is 0.210. The molecule has 0 atom stereocenters. The zero-order valence-corrected chi connectivity index (χ0v) is 10.7. The third-order valence-electron chi connectivity index (χ3n) is 3.15. The maximum absolute atomic E-state index is 13.6. The molecule has 1 saturated heterocycles. The SMILES string of the molecule is CC1(C)COCCN1C(=O)c1c(F)ccc(F)c1F. The molecule has 0 aromatic heterocycles. The van der Waals surface area contributed by atoms with Crippen molar-refractivity contribution in [2.75, 3.05) is 19.8 Å². The van der Waals surface area contributed by atoms with E-state index in [1.165, 1.54) is 4.90 Å². The van der Waals surface area contributed by atoms with Crippen molar-refractivity contribution in [3.8, 4) is 0 Å². The third kappa shape index (κ3) is 2.45. The molecule has 0 unspecified atom stereocenters. The summed E-state index contributed by atoms with van der Waals surface area (Å²) in [6.07, 6.45) is 0. The quantitative estimate of drug-likeness (QED) is 0.735. The minimum Gasteiger partial charge on any atom is -0.377 e. The molecule has 6 heteroatoms. The van der Waals surface area contributed by atoms with Crippen molar-refractivity contribution in [1.82, 2.24) is 4.90 Å². The molecule has 2 rings (SSSR count). The van der Waals surface area contributed by atoms with Gasteiger partial charge in [-0.25, -0.2) is 13.2 Å². The molecule has 1 aliphatic heterocycles. The van der Waals surface area contributed by atoms with E-state index < -0.39 is 34.5 Å². The van der Waals surface area contributed by atoms with Gasteiger partial charge >= 0.3 is 0 Å². The number of hydrogen-bond acceptors (Lipinski definition) is 2. The lowest BCUT2D eigenvalue weighted by Gasteiger charge is -2.42. The Morgan fingerprint density at radius 2 is 1.89 bits per heavy atom. The molecular weight excluding hydrogens is 259 g/mol. The van der Waals surface area contributed by atoms with E-state index in [9.17, 15) is 18.0 Å². The molecule has 1 amide bonds. The first-order chi connectivity index (χ1) is 8.84. The van der Waals surface area contributed by atoms with Gasteiger partial charge in [0.2, 0.25) is 0 Å². The van der Waals surface area contributed by atoms with Crippen molar-refractivity contribution in [3.05, 3.63) is 35.1 Å². The molecule has 0 radical (unpaired) electrons. The Hall–Kier alpha value is -1.56. The van der Waals surface area contributed by atoms with Gasteiger partial charge in [-0.1, -0.05) is 0 Å². The number of benzene rings is 1. The van der Waals surface area contributed by atoms with Crippen molar-refractivity contribution in [1.29, 1.82) is 0 Å². The number of nitrogens with zero attached hydrogens (tertiary/aromatic N) is 1. The molecule has 0 N–H and O–H groups in total. The minimum atomic E-state index is -1.45. The molecule has 1 aromatic rings. The van der Waals surface area contributed by atoms with E-state index in [2.05, 4.69) is 0 Å². The van der Waals surface area contributed by atoms with Gasteiger partial charge in [0.15, 0.2) is 11.6 Å². The molecule has 1 aromatic carbocycles. The summed E-state index contributed by atoms with van der Waals surface area (Å²) in [5.41, 5.74) is -1.55. The second kappa shape index (κ2) is 4.85. The highest BCUT2D eigenvalue weighted by Crippen LogP contribution is 2.25. The van der Waals surface area contributed by atoms with E-state index >= 15 is 0 Å². The van der Waals surface area contributed by atoms with Crippen LogP contribution < -0.4 is 0 Å². The summed E-state index contributed by atoms with van der Waals surface area (Å²) < 4.78 is 45.6. The number of hydrogen-bond donors (Lipinski definition) is 0. The summed E-state index contributed by atoms with van der Waals surface area (Å²) in [7, 11) is 0. The molecule has 1 fully saturated rings. The average molecular weight is 273 g/mol. The van der Waals surface area contributed by atoms with E-state index in [1.807, 2.05) is 0 Å². The average Bonchev–Trinajstić information content (AvgIpc) is 2.33. The predicted molar refractivity (Wildman–Crippen MR) is 62.3 cm³/mol. The molecule has 0 bridgehead atoms. The Bertz CT molecular complexity index is 517. The van der Waals surface area contributed by atoms with Crippen LogP contribution in [0.1, 0.15) is 24.2 Å². The van der Waals surface area contributed by atoms with Gasteiger partial charge < -0.3 is 9.64 Å². The van der Waals surface area contributed by atoms with Gasteiger partial charge in [-0.2, -0.15) is 0 Å². The third-order valence-corrected chi connectivity index (χ3v) is 3.15. The van der Waals surface area contributed by atoms with Crippen LogP contribution >= 0.6 is 0 Å². The van der Waals surface area contributed by atoms with Crippen LogP contribution in [-0.2, 0) is 4.74 Å². The van der Waals surface area contributed by atoms with Crippen LogP contribution in [0.4, 0.5) is 13.2 Å². The number of halogens is 3. The molecule has 104 valence electrons. The first-order valence-electron chi connectivity index (χ1n) is 5.88. The van der Waals surface area contributed by atoms with Gasteiger partial charge in [0.05, 0.1) is 18.8 Å². The Morgan fingerprint density at radius 1 is 1.26 bits per heavy atom. The lowest BCUT2D eigenvalue weighted by molar-refractivity contribution is -0.0374. The lowest BCUT2D eigenvalue weighted by Crippen LogP contribution is -2.55. The largest absolute Gasteiger partial charge is 0.377 e. The highest BCUT2D eigenvalue weighted by atomic mass is 19.2. The Labute approximate surface area is 109 Å². The maximum atomic E-state index is 13.6. The van der Waals surface area contributed by atoms with Crippen LogP contribution in [0.25, 0.3) is 0 Å². The monoisotopic (exact) mass is 273 g/mol. The summed E-state index contributed by atoms with van der Waals surface area (Å²) in [5, 5.41) is 0. The van der Waals surface area contributed by atoms with Gasteiger partial charge in [-0.05, 0) is 26.0 Å². The van der Waals surface area contributed by atoms with Crippen LogP contribution in [0.3, 0.4) is 0 Å². The summed E-state index contributed by atoms with van der Waals surface area (Å²) in [4.78, 5) is 13.5. The van der Waals surface area contributed by atoms with Crippen molar-refractivity contribution in [3.63, 3.8) is 0 Å². The van der Waals surface area contributed by atoms with Crippen LogP contribution in [0.2, 0.25) is 0 Å². The topological polar surface area (TPSA) is 29.5 Å². The molecule has 0 aliphatic carbocycles. The first kappa shape index (κ1) is 13.9. The lowest BCUT2D eigenvalue weighted by atomic mass is 10.0. The molecule has 0 saturated carbocycles. The standard InChI is InChI=1S/C13H14F3NO2/c1-13(2)7-19-6-5-17(13)12(18)10-8(14)3-4-9(15)11(10)16/h3-4H,5-7H2,1-2H3. The van der Waals surface area contributed by atoms with Gasteiger partial charge in [0.25, 0.3) is 5.91 Å². The number of amides is 1. The highest BCUT2D eigenvalue weighted by Gasteiger charge is 2.37. The maximum Gasteiger partial charge on any atom is 0.260 e. The van der Waals surface area contributed by atoms with Crippen molar-refractivity contribution in [2.24, 2.45) is 0 Å². The smallest absolute Gasteiger partial charge is 0.260 e. The molecule has 3 nitrogen and oxygen atoms in total. The summed E-state index contributed by atoms with van der Waals surface area (Å²) in [6, 6.07) is 1.41. The molecular formula is C13H14F3NO2. The number of rotatable bonds is 1. The van der Waals surface area contributed by atoms with Crippen molar-refractivity contribution < 1.29 is 22.7 Å². The zero-order valence-electron chi connectivity index (χ0n) is 10.7. The summed E-state index contributed by atoms with van der Waals surface area (Å²) in [5.74, 6) is -4.61. The number of carbonyl (C=O) groups excluding carboxylic acids is 1. The fourth-order valence-corrected chi connectivity index (χ4v) is 2.09. The van der Waals surface area contributed by atoms with Gasteiger partial charge in [0.1, 0.15) is 11.4 Å². The zero-order chi connectivity index (χ0) is 14.2. The molecule has 19 heavy (non-hydrogen) atoms. The van der Waals surface area contributed by atoms with E-state index in [0.29, 0.717) is 6.07 Å². The second-order valence-electron chi connectivity index (χ2n) is 5.04. The fraction of sp³-hybridized carbons (Fsp3) is 0.462. The fourth-order valence-electron chi connectivity index (χ4n) is 2.09. The normalized spacial score (nSPS) is 18.5. The van der Waals surface area contributed by atoms with Crippen molar-refractivity contribution in [2.45, 2.75) is 19.4 Å². The molecule has 1 heterocycles. The van der Waals surface area contributed by atoms with Crippen LogP contribution in [0.5, 0.6) is 0 Å². The Morgan fingerprint density at radius 3 is 2.53 bits per heavy atom. The Balaban J connectivity index is 2.42. The highest BCUT2D eigenvalue weighted by molar-refractivity contribution is 5.95. The van der Waals surface area contributed by atoms with Crippen LogP contribution in [-0.4, -0.2) is 36.1 Å². The van der Waals surface area contributed by atoms with Crippen molar-refractivity contribution >= 4 is 5.91 Å². The van der Waals surface area contributed by atoms with E-state index in [-0.39, 0.29) is 19.8 Å². The molecule has 0 spiro atoms. The van der Waals surface area contributed by atoms with E-state index in [0.717, 1.165) is 6.07 Å².